The SMILES string of the molecule is CC[C@H](O)c1ccc(COC)cc1. The van der Waals surface area contributed by atoms with Crippen molar-refractivity contribution in [3.8, 4) is 0 Å². The summed E-state index contributed by atoms with van der Waals surface area (Å²) in [5.41, 5.74) is 2.11. The van der Waals surface area contributed by atoms with Crippen molar-refractivity contribution in [3.05, 3.63) is 35.4 Å². The Morgan fingerprint density at radius 2 is 1.92 bits per heavy atom. The standard InChI is InChI=1S/C11H16O2/c1-3-11(12)10-6-4-9(5-7-10)8-13-2/h4-7,11-12H,3,8H2,1-2H3/t11-/m0/s1. The van der Waals surface area contributed by atoms with Gasteiger partial charge < -0.3 is 9.84 Å². The van der Waals surface area contributed by atoms with E-state index < -0.39 is 0 Å². The average Bonchev–Trinajstić information content (AvgIpc) is 2.18. The molecule has 0 amide bonds. The van der Waals surface area contributed by atoms with E-state index in [2.05, 4.69) is 0 Å². The van der Waals surface area contributed by atoms with Crippen molar-refractivity contribution in [1.29, 1.82) is 0 Å². The second-order valence-corrected chi connectivity index (χ2v) is 3.10. The summed E-state index contributed by atoms with van der Waals surface area (Å²) in [4.78, 5) is 0. The summed E-state index contributed by atoms with van der Waals surface area (Å²) in [5.74, 6) is 0. The van der Waals surface area contributed by atoms with Gasteiger partial charge in [-0.15, -0.1) is 0 Å². The van der Waals surface area contributed by atoms with Gasteiger partial charge in [0.15, 0.2) is 0 Å². The van der Waals surface area contributed by atoms with Crippen LogP contribution in [0, 0.1) is 0 Å². The van der Waals surface area contributed by atoms with E-state index >= 15 is 0 Å². The molecule has 72 valence electrons. The molecule has 1 aromatic rings. The molecule has 1 N–H and O–H groups in total. The van der Waals surface area contributed by atoms with E-state index in [4.69, 9.17) is 4.74 Å². The van der Waals surface area contributed by atoms with Crippen LogP contribution < -0.4 is 0 Å². The first-order valence-electron chi connectivity index (χ1n) is 4.53. The lowest BCUT2D eigenvalue weighted by atomic mass is 10.1. The molecule has 0 unspecified atom stereocenters. The van der Waals surface area contributed by atoms with Gasteiger partial charge in [-0.25, -0.2) is 0 Å². The molecule has 0 spiro atoms. The van der Waals surface area contributed by atoms with Crippen LogP contribution in [0.5, 0.6) is 0 Å². The van der Waals surface area contributed by atoms with E-state index in [1.165, 1.54) is 0 Å². The van der Waals surface area contributed by atoms with Gasteiger partial charge in [-0.2, -0.15) is 0 Å². The Bertz CT molecular complexity index is 241. The van der Waals surface area contributed by atoms with Crippen LogP contribution in [0.25, 0.3) is 0 Å². The third-order valence-electron chi connectivity index (χ3n) is 2.06. The third-order valence-corrected chi connectivity index (χ3v) is 2.06. The molecule has 1 rings (SSSR count). The van der Waals surface area contributed by atoms with Crippen molar-refractivity contribution in [2.75, 3.05) is 7.11 Å². The second kappa shape index (κ2) is 5.00. The van der Waals surface area contributed by atoms with Crippen LogP contribution >= 0.6 is 0 Å². The van der Waals surface area contributed by atoms with Gasteiger partial charge in [-0.05, 0) is 17.5 Å². The topological polar surface area (TPSA) is 29.5 Å². The zero-order chi connectivity index (χ0) is 9.68. The molecule has 1 atom stereocenters. The molecule has 0 fully saturated rings. The van der Waals surface area contributed by atoms with Crippen molar-refractivity contribution in [3.63, 3.8) is 0 Å². The van der Waals surface area contributed by atoms with Crippen LogP contribution in [-0.4, -0.2) is 12.2 Å². The van der Waals surface area contributed by atoms with Crippen LogP contribution in [0.4, 0.5) is 0 Å². The Hall–Kier alpha value is -0.860. The summed E-state index contributed by atoms with van der Waals surface area (Å²) in [6.07, 6.45) is 0.417. The van der Waals surface area contributed by atoms with Crippen molar-refractivity contribution >= 4 is 0 Å². The Kier molecular flexibility index (Phi) is 3.93. The fraction of sp³-hybridized carbons (Fsp3) is 0.455. The van der Waals surface area contributed by atoms with Crippen molar-refractivity contribution in [2.45, 2.75) is 26.1 Å². The van der Waals surface area contributed by atoms with Crippen LogP contribution in [-0.2, 0) is 11.3 Å². The molecule has 2 nitrogen and oxygen atoms in total. The summed E-state index contributed by atoms with van der Waals surface area (Å²) < 4.78 is 4.99. The maximum atomic E-state index is 9.52. The van der Waals surface area contributed by atoms with Gasteiger partial charge in [-0.1, -0.05) is 31.2 Å². The summed E-state index contributed by atoms with van der Waals surface area (Å²) in [6.45, 7) is 2.59. The Labute approximate surface area is 79.2 Å². The number of ether oxygens (including phenoxy) is 1. The molecule has 0 heterocycles. The summed E-state index contributed by atoms with van der Waals surface area (Å²) in [5, 5.41) is 9.52. The number of aliphatic hydroxyl groups is 1. The van der Waals surface area contributed by atoms with Gasteiger partial charge in [0.1, 0.15) is 0 Å². The van der Waals surface area contributed by atoms with Gasteiger partial charge in [0.25, 0.3) is 0 Å². The summed E-state index contributed by atoms with van der Waals surface area (Å²) in [6, 6.07) is 7.86. The normalized spacial score (nSPS) is 12.8. The quantitative estimate of drug-likeness (QED) is 0.770. The van der Waals surface area contributed by atoms with E-state index in [0.717, 1.165) is 17.5 Å². The minimum atomic E-state index is -0.336. The minimum Gasteiger partial charge on any atom is -0.388 e. The largest absolute Gasteiger partial charge is 0.388 e. The number of rotatable bonds is 4. The Morgan fingerprint density at radius 1 is 1.31 bits per heavy atom. The van der Waals surface area contributed by atoms with Gasteiger partial charge in [0, 0.05) is 7.11 Å². The lowest BCUT2D eigenvalue weighted by Crippen LogP contribution is -1.95. The van der Waals surface area contributed by atoms with E-state index in [1.807, 2.05) is 31.2 Å². The number of hydrogen-bond acceptors (Lipinski definition) is 2. The van der Waals surface area contributed by atoms with Gasteiger partial charge in [-0.3, -0.25) is 0 Å². The fourth-order valence-electron chi connectivity index (χ4n) is 1.24. The Balaban J connectivity index is 2.69. The van der Waals surface area contributed by atoms with Gasteiger partial charge >= 0.3 is 0 Å². The lowest BCUT2D eigenvalue weighted by Gasteiger charge is -2.08. The molecular formula is C11H16O2. The predicted molar refractivity (Wildman–Crippen MR) is 52.4 cm³/mol. The maximum Gasteiger partial charge on any atom is 0.0787 e. The highest BCUT2D eigenvalue weighted by atomic mass is 16.5. The smallest absolute Gasteiger partial charge is 0.0787 e. The molecule has 0 saturated heterocycles. The van der Waals surface area contributed by atoms with Crippen LogP contribution in [0.15, 0.2) is 24.3 Å². The van der Waals surface area contributed by atoms with E-state index in [0.29, 0.717) is 6.61 Å². The second-order valence-electron chi connectivity index (χ2n) is 3.10. The number of benzene rings is 1. The number of methoxy groups -OCH3 is 1. The van der Waals surface area contributed by atoms with Crippen LogP contribution in [0.1, 0.15) is 30.6 Å². The minimum absolute atomic E-state index is 0.336. The maximum absolute atomic E-state index is 9.52. The van der Waals surface area contributed by atoms with Crippen LogP contribution in [0.3, 0.4) is 0 Å². The van der Waals surface area contributed by atoms with Gasteiger partial charge in [0.05, 0.1) is 12.7 Å². The fourth-order valence-corrected chi connectivity index (χ4v) is 1.24. The highest BCUT2D eigenvalue weighted by Gasteiger charge is 2.03. The summed E-state index contributed by atoms with van der Waals surface area (Å²) >= 11 is 0. The first kappa shape index (κ1) is 10.2. The zero-order valence-corrected chi connectivity index (χ0v) is 8.16. The van der Waals surface area contributed by atoms with Crippen molar-refractivity contribution < 1.29 is 9.84 Å². The van der Waals surface area contributed by atoms with E-state index in [-0.39, 0.29) is 6.10 Å². The molecular weight excluding hydrogens is 164 g/mol. The first-order valence-corrected chi connectivity index (χ1v) is 4.53. The molecule has 13 heavy (non-hydrogen) atoms. The predicted octanol–water partition coefficient (Wildman–Crippen LogP) is 2.28. The zero-order valence-electron chi connectivity index (χ0n) is 8.16. The molecule has 0 aromatic heterocycles. The monoisotopic (exact) mass is 180 g/mol. The Morgan fingerprint density at radius 3 is 2.38 bits per heavy atom. The molecule has 1 aromatic carbocycles. The van der Waals surface area contributed by atoms with Crippen molar-refractivity contribution in [2.24, 2.45) is 0 Å². The van der Waals surface area contributed by atoms with Gasteiger partial charge in [0.2, 0.25) is 0 Å². The lowest BCUT2D eigenvalue weighted by molar-refractivity contribution is 0.173. The average molecular weight is 180 g/mol. The highest BCUT2D eigenvalue weighted by molar-refractivity contribution is 5.23. The van der Waals surface area contributed by atoms with Crippen LogP contribution in [0.2, 0.25) is 0 Å². The molecule has 0 saturated carbocycles. The molecule has 0 aliphatic heterocycles. The molecule has 0 bridgehead atoms. The molecule has 2 heteroatoms. The molecule has 0 aliphatic carbocycles. The highest BCUT2D eigenvalue weighted by Crippen LogP contribution is 2.16. The number of aliphatic hydroxyl groups excluding tert-OH is 1. The first-order chi connectivity index (χ1) is 6.27. The van der Waals surface area contributed by atoms with E-state index in [1.54, 1.807) is 7.11 Å². The molecule has 0 radical (unpaired) electrons. The molecule has 0 aliphatic rings. The number of hydrogen-bond donors (Lipinski definition) is 1. The van der Waals surface area contributed by atoms with Crippen molar-refractivity contribution in [1.82, 2.24) is 0 Å². The third kappa shape index (κ3) is 2.83. The van der Waals surface area contributed by atoms with E-state index in [9.17, 15) is 5.11 Å². The summed E-state index contributed by atoms with van der Waals surface area (Å²) in [7, 11) is 1.68.